The van der Waals surface area contributed by atoms with Gasteiger partial charge in [0.15, 0.2) is 5.78 Å². The lowest BCUT2D eigenvalue weighted by Crippen LogP contribution is -2.14. The van der Waals surface area contributed by atoms with Crippen LogP contribution in [0.15, 0.2) is 77.0 Å². The van der Waals surface area contributed by atoms with E-state index in [0.717, 1.165) is 16.1 Å². The largest absolute Gasteiger partial charge is 0.496 e. The second-order valence-corrected chi connectivity index (χ2v) is 7.75. The van der Waals surface area contributed by atoms with Gasteiger partial charge >= 0.3 is 5.69 Å². The van der Waals surface area contributed by atoms with Crippen LogP contribution in [0, 0.1) is 0 Å². The number of aliphatic hydroxyl groups is 1. The third kappa shape index (κ3) is 4.42. The van der Waals surface area contributed by atoms with Crippen molar-refractivity contribution in [3.8, 4) is 22.0 Å². The molecule has 0 fully saturated rings. The summed E-state index contributed by atoms with van der Waals surface area (Å²) in [6.07, 6.45) is 4.90. The number of aliphatic hydroxyl groups excluding tert-OH is 1. The van der Waals surface area contributed by atoms with Crippen LogP contribution in [0.1, 0.15) is 21.5 Å². The van der Waals surface area contributed by atoms with Gasteiger partial charge in [0.25, 0.3) is 0 Å². The van der Waals surface area contributed by atoms with E-state index in [2.05, 4.69) is 4.98 Å². The van der Waals surface area contributed by atoms with Gasteiger partial charge in [-0.25, -0.2) is 4.79 Å². The van der Waals surface area contributed by atoms with E-state index in [-0.39, 0.29) is 18.1 Å². The van der Waals surface area contributed by atoms with Crippen molar-refractivity contribution in [1.29, 1.82) is 0 Å². The lowest BCUT2D eigenvalue weighted by atomic mass is 10.1. The molecule has 0 aliphatic heterocycles. The maximum Gasteiger partial charge on any atom is 0.330 e. The maximum absolute atomic E-state index is 12.7. The van der Waals surface area contributed by atoms with Crippen LogP contribution < -0.4 is 10.4 Å². The number of aromatic amines is 1. The number of thiophene rings is 1. The molecule has 0 unspecified atom stereocenters. The fourth-order valence-corrected chi connectivity index (χ4v) is 3.91. The molecule has 0 atom stereocenters. The Kier molecular flexibility index (Phi) is 5.97. The molecule has 2 aromatic heterocycles. The van der Waals surface area contributed by atoms with Gasteiger partial charge in [-0.1, -0.05) is 36.4 Å². The van der Waals surface area contributed by atoms with Crippen LogP contribution in [0.25, 0.3) is 22.3 Å². The van der Waals surface area contributed by atoms with Crippen molar-refractivity contribution in [3.05, 3.63) is 99.4 Å². The van der Waals surface area contributed by atoms with E-state index in [9.17, 15) is 14.7 Å². The zero-order valence-electron chi connectivity index (χ0n) is 16.7. The maximum atomic E-state index is 12.7. The molecule has 0 saturated heterocycles. The number of ketones is 1. The zero-order chi connectivity index (χ0) is 21.8. The Bertz CT molecular complexity index is 1300. The number of hydrogen-bond acceptors (Lipinski definition) is 5. The number of ether oxygens (including phenoxy) is 1. The monoisotopic (exact) mass is 432 g/mol. The number of imidazole rings is 1. The second kappa shape index (κ2) is 8.99. The van der Waals surface area contributed by atoms with Gasteiger partial charge in [0.2, 0.25) is 0 Å². The second-order valence-electron chi connectivity index (χ2n) is 6.80. The summed E-state index contributed by atoms with van der Waals surface area (Å²) >= 11 is 1.54. The molecular formula is C24H20N2O4S. The van der Waals surface area contributed by atoms with Gasteiger partial charge in [0.05, 0.1) is 30.0 Å². The van der Waals surface area contributed by atoms with Crippen molar-refractivity contribution in [2.24, 2.45) is 0 Å². The van der Waals surface area contributed by atoms with Crippen LogP contribution in [-0.2, 0) is 6.61 Å². The van der Waals surface area contributed by atoms with Gasteiger partial charge in [-0.05, 0) is 41.3 Å². The molecule has 0 amide bonds. The van der Waals surface area contributed by atoms with Gasteiger partial charge < -0.3 is 14.8 Å². The Hall–Kier alpha value is -3.68. The number of benzene rings is 2. The number of allylic oxidation sites excluding steroid dienone is 1. The normalized spacial score (nSPS) is 11.2. The first-order valence-electron chi connectivity index (χ1n) is 9.55. The summed E-state index contributed by atoms with van der Waals surface area (Å²) in [5.74, 6) is 0.376. The molecule has 31 heavy (non-hydrogen) atoms. The summed E-state index contributed by atoms with van der Waals surface area (Å²) in [7, 11) is 1.53. The molecule has 6 nitrogen and oxygen atoms in total. The predicted octanol–water partition coefficient (Wildman–Crippen LogP) is 4.29. The molecule has 2 aromatic carbocycles. The SMILES string of the molecule is COc1cc(C=CC(=O)c2cccc(-n3cc(-c4cccs4)[nH]c3=O)c2)ccc1CO. The number of methoxy groups -OCH3 is 1. The van der Waals surface area contributed by atoms with Gasteiger partial charge in [-0.3, -0.25) is 9.36 Å². The highest BCUT2D eigenvalue weighted by Gasteiger charge is 2.10. The molecule has 0 radical (unpaired) electrons. The number of nitrogens with zero attached hydrogens (tertiary/aromatic N) is 1. The van der Waals surface area contributed by atoms with E-state index in [1.807, 2.05) is 17.5 Å². The number of nitrogens with one attached hydrogen (secondary N) is 1. The number of rotatable bonds is 7. The Labute approximate surface area is 182 Å². The Balaban J connectivity index is 1.58. The van der Waals surface area contributed by atoms with Crippen molar-refractivity contribution >= 4 is 23.2 Å². The average molecular weight is 433 g/mol. The minimum Gasteiger partial charge on any atom is -0.496 e. The summed E-state index contributed by atoms with van der Waals surface area (Å²) in [6.45, 7) is -0.119. The van der Waals surface area contributed by atoms with Gasteiger partial charge in [0, 0.05) is 17.3 Å². The van der Waals surface area contributed by atoms with Crippen molar-refractivity contribution in [1.82, 2.24) is 9.55 Å². The van der Waals surface area contributed by atoms with Crippen molar-refractivity contribution in [2.45, 2.75) is 6.61 Å². The minimum atomic E-state index is -0.264. The Morgan fingerprint density at radius 2 is 2.06 bits per heavy atom. The molecule has 0 aliphatic carbocycles. The van der Waals surface area contributed by atoms with Crippen LogP contribution >= 0.6 is 11.3 Å². The van der Waals surface area contributed by atoms with Crippen LogP contribution in [0.3, 0.4) is 0 Å². The minimum absolute atomic E-state index is 0.119. The fourth-order valence-electron chi connectivity index (χ4n) is 3.22. The molecule has 2 heterocycles. The number of carbonyl (C=O) groups is 1. The van der Waals surface area contributed by atoms with Crippen LogP contribution in [0.5, 0.6) is 5.75 Å². The molecular weight excluding hydrogens is 412 g/mol. The lowest BCUT2D eigenvalue weighted by molar-refractivity contribution is 0.104. The predicted molar refractivity (Wildman–Crippen MR) is 122 cm³/mol. The summed E-state index contributed by atoms with van der Waals surface area (Å²) in [5.41, 5.74) is 3.01. The van der Waals surface area contributed by atoms with Crippen LogP contribution in [0.4, 0.5) is 0 Å². The van der Waals surface area contributed by atoms with E-state index in [1.54, 1.807) is 66.1 Å². The van der Waals surface area contributed by atoms with Crippen molar-refractivity contribution in [2.75, 3.05) is 7.11 Å². The van der Waals surface area contributed by atoms with E-state index in [1.165, 1.54) is 17.8 Å². The molecule has 0 bridgehead atoms. The standard InChI is InChI=1S/C24H20N2O4S/c1-30-22-12-16(7-9-18(22)15-27)8-10-21(28)17-4-2-5-19(13-17)26-14-20(25-24(26)29)23-6-3-11-31-23/h2-14,27H,15H2,1H3,(H,25,29). The van der Waals surface area contributed by atoms with E-state index in [4.69, 9.17) is 4.74 Å². The average Bonchev–Trinajstić information content (AvgIpc) is 3.47. The number of aromatic nitrogens is 2. The fraction of sp³-hybridized carbons (Fsp3) is 0.0833. The third-order valence-corrected chi connectivity index (χ3v) is 5.73. The summed E-state index contributed by atoms with van der Waals surface area (Å²) in [6, 6.07) is 16.1. The first-order chi connectivity index (χ1) is 15.1. The molecule has 4 aromatic rings. The summed E-state index contributed by atoms with van der Waals surface area (Å²) in [5, 5.41) is 11.3. The topological polar surface area (TPSA) is 84.3 Å². The zero-order valence-corrected chi connectivity index (χ0v) is 17.6. The van der Waals surface area contributed by atoms with Crippen molar-refractivity contribution in [3.63, 3.8) is 0 Å². The van der Waals surface area contributed by atoms with Crippen LogP contribution in [0.2, 0.25) is 0 Å². The highest BCUT2D eigenvalue weighted by molar-refractivity contribution is 7.13. The summed E-state index contributed by atoms with van der Waals surface area (Å²) in [4.78, 5) is 28.9. The smallest absolute Gasteiger partial charge is 0.330 e. The number of H-pyrrole nitrogens is 1. The third-order valence-electron chi connectivity index (χ3n) is 4.82. The Morgan fingerprint density at radius 1 is 1.19 bits per heavy atom. The molecule has 7 heteroatoms. The van der Waals surface area contributed by atoms with E-state index in [0.29, 0.717) is 22.6 Å². The first kappa shape index (κ1) is 20.6. The van der Waals surface area contributed by atoms with Gasteiger partial charge in [0.1, 0.15) is 5.75 Å². The van der Waals surface area contributed by atoms with Crippen molar-refractivity contribution < 1.29 is 14.6 Å². The van der Waals surface area contributed by atoms with E-state index >= 15 is 0 Å². The van der Waals surface area contributed by atoms with Crippen LogP contribution in [-0.4, -0.2) is 27.6 Å². The molecule has 156 valence electrons. The highest BCUT2D eigenvalue weighted by atomic mass is 32.1. The van der Waals surface area contributed by atoms with Gasteiger partial charge in [-0.15, -0.1) is 11.3 Å². The van der Waals surface area contributed by atoms with Gasteiger partial charge in [-0.2, -0.15) is 0 Å². The molecule has 0 aliphatic rings. The quantitative estimate of drug-likeness (QED) is 0.337. The molecule has 0 spiro atoms. The number of hydrogen-bond donors (Lipinski definition) is 2. The molecule has 4 rings (SSSR count). The summed E-state index contributed by atoms with van der Waals surface area (Å²) < 4.78 is 6.75. The molecule has 2 N–H and O–H groups in total. The molecule has 0 saturated carbocycles. The number of carbonyl (C=O) groups excluding carboxylic acids is 1. The Morgan fingerprint density at radius 3 is 2.81 bits per heavy atom. The lowest BCUT2D eigenvalue weighted by Gasteiger charge is -2.06. The highest BCUT2D eigenvalue weighted by Crippen LogP contribution is 2.23. The van der Waals surface area contributed by atoms with E-state index < -0.39 is 0 Å². The first-order valence-corrected chi connectivity index (χ1v) is 10.4.